The number of methoxy groups -OCH3 is 1. The van der Waals surface area contributed by atoms with Gasteiger partial charge in [0, 0.05) is 17.7 Å². The number of primary amides is 1. The van der Waals surface area contributed by atoms with Crippen LogP contribution in [0.25, 0.3) is 22.4 Å². The molecule has 27 heavy (non-hydrogen) atoms. The Bertz CT molecular complexity index is 940. The Labute approximate surface area is 159 Å². The summed E-state index contributed by atoms with van der Waals surface area (Å²) in [6.45, 7) is 2.68. The van der Waals surface area contributed by atoms with E-state index < -0.39 is 5.91 Å². The molecule has 0 aliphatic rings. The zero-order chi connectivity index (χ0) is 19.2. The van der Waals surface area contributed by atoms with Crippen LogP contribution in [0.2, 0.25) is 0 Å². The molecule has 0 aliphatic heterocycles. The maximum atomic E-state index is 10.9. The van der Waals surface area contributed by atoms with Crippen LogP contribution in [0.1, 0.15) is 11.1 Å². The van der Waals surface area contributed by atoms with Crippen LogP contribution in [-0.2, 0) is 11.3 Å². The Morgan fingerprint density at radius 1 is 1.04 bits per heavy atom. The Hall–Kier alpha value is -3.18. The molecule has 0 aliphatic carbocycles. The molecule has 3 rings (SSSR count). The lowest BCUT2D eigenvalue weighted by Gasteiger charge is -2.14. The second kappa shape index (κ2) is 8.47. The van der Waals surface area contributed by atoms with Gasteiger partial charge in [0.15, 0.2) is 0 Å². The van der Waals surface area contributed by atoms with E-state index in [1.165, 1.54) is 11.1 Å². The van der Waals surface area contributed by atoms with Crippen molar-refractivity contribution in [1.82, 2.24) is 10.3 Å². The summed E-state index contributed by atoms with van der Waals surface area (Å²) in [5.74, 6) is 0.140. The monoisotopic (exact) mass is 361 g/mol. The molecule has 0 bridgehead atoms. The first-order valence-corrected chi connectivity index (χ1v) is 8.78. The summed E-state index contributed by atoms with van der Waals surface area (Å²) in [5.41, 5.74) is 11.5. The predicted molar refractivity (Wildman–Crippen MR) is 107 cm³/mol. The number of carbonyl (C=O) groups excluding carboxylic acids is 1. The number of ether oxygens (including phenoxy) is 1. The molecule has 1 heterocycles. The number of carbonyl (C=O) groups is 1. The summed E-state index contributed by atoms with van der Waals surface area (Å²) < 4.78 is 5.45. The van der Waals surface area contributed by atoms with Crippen molar-refractivity contribution in [3.63, 3.8) is 0 Å². The second-order valence-corrected chi connectivity index (χ2v) is 6.28. The fraction of sp³-hybridized carbons (Fsp3) is 0.182. The van der Waals surface area contributed by atoms with Crippen LogP contribution in [0.4, 0.5) is 0 Å². The first-order chi connectivity index (χ1) is 13.1. The first kappa shape index (κ1) is 18.6. The average Bonchev–Trinajstić information content (AvgIpc) is 2.69. The number of hydrogen-bond donors (Lipinski definition) is 2. The molecular formula is C22H23N3O2. The molecule has 0 saturated heterocycles. The van der Waals surface area contributed by atoms with Crippen molar-refractivity contribution in [1.29, 1.82) is 0 Å². The lowest BCUT2D eigenvalue weighted by molar-refractivity contribution is -0.117. The van der Waals surface area contributed by atoms with Crippen LogP contribution >= 0.6 is 0 Å². The predicted octanol–water partition coefficient (Wildman–Crippen LogP) is 3.31. The van der Waals surface area contributed by atoms with E-state index in [9.17, 15) is 4.79 Å². The number of aromatic nitrogens is 1. The van der Waals surface area contributed by atoms with Crippen LogP contribution < -0.4 is 15.8 Å². The molecule has 5 heteroatoms. The Kier molecular flexibility index (Phi) is 5.84. The summed E-state index contributed by atoms with van der Waals surface area (Å²) in [6.07, 6.45) is 0. The first-order valence-electron chi connectivity index (χ1n) is 8.78. The molecule has 3 N–H and O–H groups in total. The average molecular weight is 361 g/mol. The zero-order valence-corrected chi connectivity index (χ0v) is 15.5. The molecule has 1 aromatic heterocycles. The van der Waals surface area contributed by atoms with Gasteiger partial charge in [-0.05, 0) is 29.7 Å². The van der Waals surface area contributed by atoms with Crippen LogP contribution in [0, 0.1) is 6.92 Å². The van der Waals surface area contributed by atoms with Gasteiger partial charge in [0.05, 0.1) is 19.3 Å². The van der Waals surface area contributed by atoms with Gasteiger partial charge in [0.1, 0.15) is 0 Å². The van der Waals surface area contributed by atoms with Crippen molar-refractivity contribution >= 4 is 5.91 Å². The molecular weight excluding hydrogens is 338 g/mol. The summed E-state index contributed by atoms with van der Waals surface area (Å²) in [4.78, 5) is 15.6. The third-order valence-corrected chi connectivity index (χ3v) is 4.44. The summed E-state index contributed by atoms with van der Waals surface area (Å²) in [5, 5.41) is 2.98. The van der Waals surface area contributed by atoms with Crippen LogP contribution in [0.15, 0.2) is 60.7 Å². The van der Waals surface area contributed by atoms with E-state index in [2.05, 4.69) is 41.5 Å². The number of nitrogens with zero attached hydrogens (tertiary/aromatic N) is 1. The van der Waals surface area contributed by atoms with E-state index in [1.807, 2.05) is 36.4 Å². The molecule has 138 valence electrons. The topological polar surface area (TPSA) is 77.2 Å². The van der Waals surface area contributed by atoms with E-state index in [1.54, 1.807) is 7.11 Å². The molecule has 0 spiro atoms. The highest BCUT2D eigenvalue weighted by Gasteiger charge is 2.12. The number of nitrogens with one attached hydrogen (secondary N) is 1. The highest BCUT2D eigenvalue weighted by atomic mass is 16.5. The molecule has 2 aromatic carbocycles. The van der Waals surface area contributed by atoms with E-state index >= 15 is 0 Å². The SMILES string of the molecule is COc1nc(-c2cccc(-c3ccccc3)c2C)ccc1CNCC(N)=O. The molecule has 0 radical (unpaired) electrons. The van der Waals surface area contributed by atoms with E-state index in [4.69, 9.17) is 10.5 Å². The smallest absolute Gasteiger partial charge is 0.231 e. The quantitative estimate of drug-likeness (QED) is 0.677. The van der Waals surface area contributed by atoms with Gasteiger partial charge in [0.2, 0.25) is 11.8 Å². The van der Waals surface area contributed by atoms with Gasteiger partial charge >= 0.3 is 0 Å². The lowest BCUT2D eigenvalue weighted by Crippen LogP contribution is -2.28. The van der Waals surface area contributed by atoms with E-state index in [-0.39, 0.29) is 6.54 Å². The number of hydrogen-bond acceptors (Lipinski definition) is 4. The van der Waals surface area contributed by atoms with Crippen molar-refractivity contribution in [3.8, 4) is 28.3 Å². The molecule has 0 atom stereocenters. The maximum absolute atomic E-state index is 10.9. The molecule has 0 saturated carbocycles. The van der Waals surface area contributed by atoms with Gasteiger partial charge in [-0.25, -0.2) is 4.98 Å². The van der Waals surface area contributed by atoms with E-state index in [0.29, 0.717) is 12.4 Å². The maximum Gasteiger partial charge on any atom is 0.231 e. The van der Waals surface area contributed by atoms with Gasteiger partial charge in [-0.1, -0.05) is 54.6 Å². The third-order valence-electron chi connectivity index (χ3n) is 4.44. The summed E-state index contributed by atoms with van der Waals surface area (Å²) >= 11 is 0. The fourth-order valence-electron chi connectivity index (χ4n) is 3.09. The Morgan fingerprint density at radius 2 is 1.78 bits per heavy atom. The summed E-state index contributed by atoms with van der Waals surface area (Å²) in [6, 6.07) is 20.5. The van der Waals surface area contributed by atoms with Gasteiger partial charge in [-0.2, -0.15) is 0 Å². The van der Waals surface area contributed by atoms with Crippen molar-refractivity contribution < 1.29 is 9.53 Å². The normalized spacial score (nSPS) is 10.6. The Morgan fingerprint density at radius 3 is 2.48 bits per heavy atom. The van der Waals surface area contributed by atoms with Crippen molar-refractivity contribution in [2.45, 2.75) is 13.5 Å². The zero-order valence-electron chi connectivity index (χ0n) is 15.5. The van der Waals surface area contributed by atoms with Gasteiger partial charge < -0.3 is 15.8 Å². The summed E-state index contributed by atoms with van der Waals surface area (Å²) in [7, 11) is 1.59. The lowest BCUT2D eigenvalue weighted by atomic mass is 9.94. The van der Waals surface area contributed by atoms with Crippen LogP contribution in [0.3, 0.4) is 0 Å². The van der Waals surface area contributed by atoms with E-state index in [0.717, 1.165) is 22.4 Å². The van der Waals surface area contributed by atoms with Gasteiger partial charge in [0.25, 0.3) is 0 Å². The number of nitrogens with two attached hydrogens (primary N) is 1. The highest BCUT2D eigenvalue weighted by molar-refractivity contribution is 5.77. The third kappa shape index (κ3) is 4.33. The minimum absolute atomic E-state index is 0.114. The van der Waals surface area contributed by atoms with Crippen LogP contribution in [0.5, 0.6) is 5.88 Å². The molecule has 0 fully saturated rings. The molecule has 3 aromatic rings. The van der Waals surface area contributed by atoms with Crippen molar-refractivity contribution in [3.05, 3.63) is 71.8 Å². The molecule has 5 nitrogen and oxygen atoms in total. The van der Waals surface area contributed by atoms with Crippen LogP contribution in [-0.4, -0.2) is 24.5 Å². The van der Waals surface area contributed by atoms with Crippen molar-refractivity contribution in [2.75, 3.05) is 13.7 Å². The number of rotatable bonds is 7. The largest absolute Gasteiger partial charge is 0.481 e. The molecule has 0 unspecified atom stereocenters. The number of amides is 1. The van der Waals surface area contributed by atoms with Gasteiger partial charge in [-0.15, -0.1) is 0 Å². The minimum atomic E-state index is -0.396. The highest BCUT2D eigenvalue weighted by Crippen LogP contribution is 2.32. The minimum Gasteiger partial charge on any atom is -0.481 e. The standard InChI is InChI=1S/C22H23N3O2/c1-15-18(16-7-4-3-5-8-16)9-6-10-19(15)20-12-11-17(22(25-20)27-2)13-24-14-21(23)26/h3-12,24H,13-14H2,1-2H3,(H2,23,26). The Balaban J connectivity index is 1.94. The van der Waals surface area contributed by atoms with Crippen molar-refractivity contribution in [2.24, 2.45) is 5.73 Å². The fourth-order valence-corrected chi connectivity index (χ4v) is 3.09. The van der Waals surface area contributed by atoms with Gasteiger partial charge in [-0.3, -0.25) is 4.79 Å². The number of benzene rings is 2. The molecule has 1 amide bonds. The number of pyridine rings is 1. The second-order valence-electron chi connectivity index (χ2n) is 6.28.